The number of hydrogen-bond acceptors (Lipinski definition) is 3. The Balaban J connectivity index is 1.80. The SMILES string of the molecule is COC1CCCC(C)(CN2C(=O)c3ccccc3C2=O)C1. The van der Waals surface area contributed by atoms with Crippen molar-refractivity contribution in [2.45, 2.75) is 38.7 Å². The number of nitrogens with zero attached hydrogens (tertiary/aromatic N) is 1. The lowest BCUT2D eigenvalue weighted by molar-refractivity contribution is 0.00620. The Morgan fingerprint density at radius 2 is 1.86 bits per heavy atom. The fourth-order valence-electron chi connectivity index (χ4n) is 3.62. The first kappa shape index (κ1) is 14.3. The van der Waals surface area contributed by atoms with Gasteiger partial charge in [0, 0.05) is 13.7 Å². The summed E-state index contributed by atoms with van der Waals surface area (Å²) in [7, 11) is 1.73. The van der Waals surface area contributed by atoms with E-state index in [0.29, 0.717) is 17.7 Å². The van der Waals surface area contributed by atoms with Gasteiger partial charge in [0.25, 0.3) is 11.8 Å². The Hall–Kier alpha value is -1.68. The minimum absolute atomic E-state index is 0.0493. The number of carbonyl (C=O) groups excluding carboxylic acids is 2. The summed E-state index contributed by atoms with van der Waals surface area (Å²) in [4.78, 5) is 26.3. The molecule has 1 saturated carbocycles. The summed E-state index contributed by atoms with van der Waals surface area (Å²) in [6.07, 6.45) is 4.31. The van der Waals surface area contributed by atoms with E-state index in [-0.39, 0.29) is 23.3 Å². The molecule has 21 heavy (non-hydrogen) atoms. The first-order valence-electron chi connectivity index (χ1n) is 7.52. The zero-order chi connectivity index (χ0) is 15.0. The van der Waals surface area contributed by atoms with Crippen molar-refractivity contribution < 1.29 is 14.3 Å². The predicted molar refractivity (Wildman–Crippen MR) is 79.2 cm³/mol. The van der Waals surface area contributed by atoms with E-state index in [2.05, 4.69) is 6.92 Å². The Bertz CT molecular complexity index is 548. The van der Waals surface area contributed by atoms with Crippen LogP contribution in [0.4, 0.5) is 0 Å². The molecular weight excluding hydrogens is 266 g/mol. The van der Waals surface area contributed by atoms with Crippen LogP contribution < -0.4 is 0 Å². The summed E-state index contributed by atoms with van der Waals surface area (Å²) < 4.78 is 5.48. The van der Waals surface area contributed by atoms with E-state index < -0.39 is 0 Å². The second-order valence-electron chi connectivity index (χ2n) is 6.51. The van der Waals surface area contributed by atoms with Gasteiger partial charge in [-0.2, -0.15) is 0 Å². The van der Waals surface area contributed by atoms with Gasteiger partial charge in [-0.25, -0.2) is 0 Å². The maximum Gasteiger partial charge on any atom is 0.261 e. The highest BCUT2D eigenvalue weighted by molar-refractivity contribution is 6.21. The molecule has 1 aromatic carbocycles. The van der Waals surface area contributed by atoms with E-state index in [1.54, 1.807) is 31.4 Å². The van der Waals surface area contributed by atoms with Crippen LogP contribution in [0.5, 0.6) is 0 Å². The normalized spacial score (nSPS) is 28.9. The molecule has 1 heterocycles. The highest BCUT2D eigenvalue weighted by Crippen LogP contribution is 2.39. The van der Waals surface area contributed by atoms with Gasteiger partial charge < -0.3 is 4.74 Å². The number of benzene rings is 1. The van der Waals surface area contributed by atoms with Crippen molar-refractivity contribution in [3.05, 3.63) is 35.4 Å². The molecule has 2 unspecified atom stereocenters. The molecule has 0 spiro atoms. The summed E-state index contributed by atoms with van der Waals surface area (Å²) in [5, 5.41) is 0. The van der Waals surface area contributed by atoms with E-state index >= 15 is 0 Å². The van der Waals surface area contributed by atoms with Crippen LogP contribution in [-0.4, -0.2) is 36.5 Å². The van der Waals surface area contributed by atoms with Crippen LogP contribution in [0.25, 0.3) is 0 Å². The Morgan fingerprint density at radius 3 is 2.43 bits per heavy atom. The van der Waals surface area contributed by atoms with Crippen molar-refractivity contribution in [2.75, 3.05) is 13.7 Å². The van der Waals surface area contributed by atoms with Crippen molar-refractivity contribution in [1.29, 1.82) is 0 Å². The third-order valence-corrected chi connectivity index (χ3v) is 4.78. The molecule has 2 aliphatic rings. The number of rotatable bonds is 3. The van der Waals surface area contributed by atoms with Gasteiger partial charge in [0.1, 0.15) is 0 Å². The molecule has 1 aliphatic carbocycles. The average Bonchev–Trinajstić information content (AvgIpc) is 2.73. The van der Waals surface area contributed by atoms with Crippen LogP contribution in [0.3, 0.4) is 0 Å². The Morgan fingerprint density at radius 1 is 1.24 bits per heavy atom. The third-order valence-electron chi connectivity index (χ3n) is 4.78. The van der Waals surface area contributed by atoms with E-state index in [4.69, 9.17) is 4.74 Å². The molecule has 1 fully saturated rings. The van der Waals surface area contributed by atoms with Gasteiger partial charge in [-0.05, 0) is 36.8 Å². The smallest absolute Gasteiger partial charge is 0.261 e. The maximum atomic E-state index is 12.4. The fraction of sp³-hybridized carbons (Fsp3) is 0.529. The largest absolute Gasteiger partial charge is 0.381 e. The number of carbonyl (C=O) groups is 2. The molecule has 2 amide bonds. The van der Waals surface area contributed by atoms with Crippen molar-refractivity contribution in [3.63, 3.8) is 0 Å². The van der Waals surface area contributed by atoms with E-state index in [9.17, 15) is 9.59 Å². The molecule has 1 aliphatic heterocycles. The predicted octanol–water partition coefficient (Wildman–Crippen LogP) is 2.88. The van der Waals surface area contributed by atoms with Crippen molar-refractivity contribution >= 4 is 11.8 Å². The molecule has 0 N–H and O–H groups in total. The number of fused-ring (bicyclic) bond motifs is 1. The quantitative estimate of drug-likeness (QED) is 0.803. The number of methoxy groups -OCH3 is 1. The standard InChI is InChI=1S/C17H21NO3/c1-17(9-5-6-12(10-17)21-2)11-18-15(19)13-7-3-4-8-14(13)16(18)20/h3-4,7-8,12H,5-6,9-11H2,1-2H3. The molecule has 112 valence electrons. The van der Waals surface area contributed by atoms with Gasteiger partial charge in [-0.3, -0.25) is 14.5 Å². The molecule has 1 aromatic rings. The minimum atomic E-state index is -0.156. The lowest BCUT2D eigenvalue weighted by Gasteiger charge is -2.39. The van der Waals surface area contributed by atoms with Crippen LogP contribution in [-0.2, 0) is 4.74 Å². The lowest BCUT2D eigenvalue weighted by Crippen LogP contribution is -2.43. The van der Waals surface area contributed by atoms with Crippen molar-refractivity contribution in [1.82, 2.24) is 4.90 Å². The van der Waals surface area contributed by atoms with E-state index in [0.717, 1.165) is 25.7 Å². The Kier molecular flexibility index (Phi) is 3.57. The highest BCUT2D eigenvalue weighted by Gasteiger charge is 2.41. The summed E-state index contributed by atoms with van der Waals surface area (Å²) in [6.45, 7) is 2.64. The second kappa shape index (κ2) is 5.26. The van der Waals surface area contributed by atoms with Gasteiger partial charge in [0.15, 0.2) is 0 Å². The molecule has 3 rings (SSSR count). The molecule has 4 nitrogen and oxygen atoms in total. The van der Waals surface area contributed by atoms with Crippen LogP contribution in [0, 0.1) is 5.41 Å². The summed E-state index contributed by atoms with van der Waals surface area (Å²) in [5.74, 6) is -0.312. The summed E-state index contributed by atoms with van der Waals surface area (Å²) in [6, 6.07) is 7.07. The Labute approximate surface area is 125 Å². The van der Waals surface area contributed by atoms with Crippen LogP contribution in [0.2, 0.25) is 0 Å². The van der Waals surface area contributed by atoms with Gasteiger partial charge >= 0.3 is 0 Å². The van der Waals surface area contributed by atoms with Crippen molar-refractivity contribution in [3.8, 4) is 0 Å². The molecule has 0 aromatic heterocycles. The van der Waals surface area contributed by atoms with Crippen LogP contribution >= 0.6 is 0 Å². The van der Waals surface area contributed by atoms with E-state index in [1.807, 2.05) is 0 Å². The van der Waals surface area contributed by atoms with Gasteiger partial charge in [0.05, 0.1) is 17.2 Å². The van der Waals surface area contributed by atoms with Gasteiger partial charge in [0.2, 0.25) is 0 Å². The molecule has 0 saturated heterocycles. The second-order valence-corrected chi connectivity index (χ2v) is 6.51. The van der Waals surface area contributed by atoms with Crippen molar-refractivity contribution in [2.24, 2.45) is 5.41 Å². The lowest BCUT2D eigenvalue weighted by atomic mass is 9.74. The monoisotopic (exact) mass is 287 g/mol. The van der Waals surface area contributed by atoms with E-state index in [1.165, 1.54) is 4.90 Å². The third kappa shape index (κ3) is 2.48. The topological polar surface area (TPSA) is 46.6 Å². The number of imide groups is 1. The van der Waals surface area contributed by atoms with Gasteiger partial charge in [-0.1, -0.05) is 25.5 Å². The molecule has 0 radical (unpaired) electrons. The highest BCUT2D eigenvalue weighted by atomic mass is 16.5. The number of ether oxygens (including phenoxy) is 1. The number of hydrogen-bond donors (Lipinski definition) is 0. The minimum Gasteiger partial charge on any atom is -0.381 e. The number of amides is 2. The molecule has 0 bridgehead atoms. The average molecular weight is 287 g/mol. The first-order valence-corrected chi connectivity index (χ1v) is 7.52. The summed E-state index contributed by atoms with van der Waals surface area (Å²) >= 11 is 0. The fourth-order valence-corrected chi connectivity index (χ4v) is 3.62. The first-order chi connectivity index (χ1) is 10.0. The van der Waals surface area contributed by atoms with Crippen LogP contribution in [0.15, 0.2) is 24.3 Å². The maximum absolute atomic E-state index is 12.4. The molecule has 4 heteroatoms. The van der Waals surface area contributed by atoms with Gasteiger partial charge in [-0.15, -0.1) is 0 Å². The summed E-state index contributed by atoms with van der Waals surface area (Å²) in [5.41, 5.74) is 1.02. The molecule has 2 atom stereocenters. The zero-order valence-electron chi connectivity index (χ0n) is 12.6. The zero-order valence-corrected chi connectivity index (χ0v) is 12.6. The molecular formula is C17H21NO3. The van der Waals surface area contributed by atoms with Crippen LogP contribution in [0.1, 0.15) is 53.3 Å².